The Labute approximate surface area is 242 Å². The van der Waals surface area contributed by atoms with Gasteiger partial charge in [0.05, 0.1) is 11.6 Å². The molecule has 0 aliphatic carbocycles. The Morgan fingerprint density at radius 1 is 1.00 bits per heavy atom. The van der Waals surface area contributed by atoms with Gasteiger partial charge in [0.25, 0.3) is 5.78 Å². The number of Topliss-reactive ketones (excluding diaryl/α,β-unsaturated/α-hetero) is 1. The van der Waals surface area contributed by atoms with Crippen LogP contribution in [-0.4, -0.2) is 32.1 Å². The number of aliphatic hydroxyl groups is 1. The minimum atomic E-state index is -1.07. The molecule has 1 unspecified atom stereocenters. The number of anilines is 1. The number of hydrogen-bond acceptors (Lipinski definition) is 8. The highest BCUT2D eigenvalue weighted by atomic mass is 32.2. The van der Waals surface area contributed by atoms with E-state index in [9.17, 15) is 24.2 Å². The lowest BCUT2D eigenvalue weighted by Gasteiger charge is -2.22. The molecule has 6 rings (SSSR count). The van der Waals surface area contributed by atoms with Crippen molar-refractivity contribution in [2.75, 3.05) is 4.90 Å². The first-order chi connectivity index (χ1) is 19.8. The van der Waals surface area contributed by atoms with Crippen molar-refractivity contribution in [3.05, 3.63) is 119 Å². The normalized spacial score (nSPS) is 16.5. The summed E-state index contributed by atoms with van der Waals surface area (Å²) in [6.07, 6.45) is 0. The summed E-state index contributed by atoms with van der Waals surface area (Å²) in [5.74, 6) is -2.26. The zero-order valence-corrected chi connectivity index (χ0v) is 23.2. The molecule has 0 saturated carbocycles. The molecular formula is C31H22FN3O4S2. The molecule has 1 aliphatic heterocycles. The minimum Gasteiger partial charge on any atom is -0.508 e. The van der Waals surface area contributed by atoms with Crippen LogP contribution in [-0.2, 0) is 15.3 Å². The lowest BCUT2D eigenvalue weighted by atomic mass is 9.95. The number of hydrogen-bond donors (Lipinski definition) is 2. The van der Waals surface area contributed by atoms with Gasteiger partial charge in [-0.2, -0.15) is 0 Å². The predicted molar refractivity (Wildman–Crippen MR) is 157 cm³/mol. The van der Waals surface area contributed by atoms with E-state index in [1.807, 2.05) is 18.2 Å². The van der Waals surface area contributed by atoms with Crippen LogP contribution < -0.4 is 4.90 Å². The molecule has 204 valence electrons. The quantitative estimate of drug-likeness (QED) is 0.0748. The number of amides is 1. The van der Waals surface area contributed by atoms with Crippen molar-refractivity contribution in [3.63, 3.8) is 0 Å². The van der Waals surface area contributed by atoms with Crippen LogP contribution in [0.1, 0.15) is 28.3 Å². The van der Waals surface area contributed by atoms with E-state index in [0.717, 1.165) is 33.7 Å². The number of aliphatic hydroxyl groups excluding tert-OH is 1. The monoisotopic (exact) mass is 583 g/mol. The van der Waals surface area contributed by atoms with Gasteiger partial charge >= 0.3 is 5.91 Å². The molecule has 0 bridgehead atoms. The molecule has 1 fully saturated rings. The molecule has 1 saturated heterocycles. The number of phenols is 1. The van der Waals surface area contributed by atoms with Gasteiger partial charge in [-0.25, -0.2) is 4.39 Å². The van der Waals surface area contributed by atoms with Gasteiger partial charge in [0.2, 0.25) is 5.13 Å². The molecule has 41 heavy (non-hydrogen) atoms. The fraction of sp³-hybridized carbons (Fsp3) is 0.0968. The second-order valence-electron chi connectivity index (χ2n) is 9.50. The zero-order chi connectivity index (χ0) is 28.7. The van der Waals surface area contributed by atoms with E-state index >= 15 is 0 Å². The van der Waals surface area contributed by atoms with E-state index < -0.39 is 29.3 Å². The number of nitrogens with zero attached hydrogens (tertiary/aromatic N) is 3. The molecule has 1 aromatic heterocycles. The van der Waals surface area contributed by atoms with Gasteiger partial charge in [0, 0.05) is 11.3 Å². The standard InChI is InChI=1S/C31H22FN3O4S2/c1-17-9-10-20(15-24(17)32)27(37)25-26(19-11-13-22(36)14-12-19)35(29(39)28(25)38)30-33-34-31(41-30)40-16-21-7-4-6-18-5-2-3-8-23(18)21/h2-15,26,36-37H,16H2,1H3. The first kappa shape index (κ1) is 26.7. The van der Waals surface area contributed by atoms with Crippen LogP contribution in [0.25, 0.3) is 16.5 Å². The number of rotatable bonds is 6. The number of thioether (sulfide) groups is 1. The summed E-state index contributed by atoms with van der Waals surface area (Å²) in [7, 11) is 0. The van der Waals surface area contributed by atoms with Crippen LogP contribution in [0.15, 0.2) is 94.8 Å². The average Bonchev–Trinajstić information content (AvgIpc) is 3.55. The van der Waals surface area contributed by atoms with Gasteiger partial charge in [-0.1, -0.05) is 89.8 Å². The van der Waals surface area contributed by atoms with Crippen LogP contribution in [0.3, 0.4) is 0 Å². The Kier molecular flexibility index (Phi) is 7.02. The Morgan fingerprint density at radius 2 is 1.76 bits per heavy atom. The predicted octanol–water partition coefficient (Wildman–Crippen LogP) is 6.76. The summed E-state index contributed by atoms with van der Waals surface area (Å²) in [5, 5.41) is 32.0. The molecule has 2 N–H and O–H groups in total. The molecule has 7 nitrogen and oxygen atoms in total. The largest absolute Gasteiger partial charge is 0.508 e. The van der Waals surface area contributed by atoms with Crippen molar-refractivity contribution in [2.24, 2.45) is 0 Å². The van der Waals surface area contributed by atoms with E-state index in [0.29, 0.717) is 21.2 Å². The first-order valence-corrected chi connectivity index (χ1v) is 14.4. The zero-order valence-electron chi connectivity index (χ0n) is 21.6. The van der Waals surface area contributed by atoms with E-state index in [1.54, 1.807) is 19.1 Å². The summed E-state index contributed by atoms with van der Waals surface area (Å²) in [5.41, 5.74) is 1.82. The van der Waals surface area contributed by atoms with Crippen molar-refractivity contribution in [3.8, 4) is 5.75 Å². The SMILES string of the molecule is Cc1ccc(C(O)=C2C(=O)C(=O)N(c3nnc(SCc4cccc5ccccc45)s3)C2c2ccc(O)cc2)cc1F. The van der Waals surface area contributed by atoms with Crippen LogP contribution in [0, 0.1) is 12.7 Å². The number of ketones is 1. The number of phenolic OH excluding ortho intramolecular Hbond substituents is 1. The van der Waals surface area contributed by atoms with Crippen LogP contribution in [0.2, 0.25) is 0 Å². The van der Waals surface area contributed by atoms with Crippen molar-refractivity contribution >= 4 is 56.5 Å². The molecule has 1 aliphatic rings. The van der Waals surface area contributed by atoms with Gasteiger partial charge < -0.3 is 10.2 Å². The molecule has 1 amide bonds. The Morgan fingerprint density at radius 3 is 2.54 bits per heavy atom. The molecule has 4 aromatic carbocycles. The third-order valence-corrected chi connectivity index (χ3v) is 9.04. The first-order valence-electron chi connectivity index (χ1n) is 12.6. The molecule has 0 spiro atoms. The fourth-order valence-corrected chi connectivity index (χ4v) is 6.69. The smallest absolute Gasteiger partial charge is 0.301 e. The highest BCUT2D eigenvalue weighted by molar-refractivity contribution is 8.00. The molecule has 5 aromatic rings. The number of halogens is 1. The van der Waals surface area contributed by atoms with Crippen LogP contribution in [0.5, 0.6) is 5.75 Å². The molecule has 2 heterocycles. The topological polar surface area (TPSA) is 104 Å². The lowest BCUT2D eigenvalue weighted by molar-refractivity contribution is -0.132. The summed E-state index contributed by atoms with van der Waals surface area (Å²) in [6, 6.07) is 23.2. The van der Waals surface area contributed by atoms with E-state index in [2.05, 4.69) is 34.5 Å². The maximum Gasteiger partial charge on any atom is 0.301 e. The van der Waals surface area contributed by atoms with Crippen molar-refractivity contribution in [2.45, 2.75) is 23.1 Å². The molecular weight excluding hydrogens is 561 g/mol. The number of carbonyl (C=O) groups is 2. The van der Waals surface area contributed by atoms with Gasteiger partial charge in [0.1, 0.15) is 17.3 Å². The van der Waals surface area contributed by atoms with E-state index in [1.165, 1.54) is 40.9 Å². The molecule has 10 heteroatoms. The number of carbonyl (C=O) groups excluding carboxylic acids is 2. The minimum absolute atomic E-state index is 0.00524. The van der Waals surface area contributed by atoms with Crippen molar-refractivity contribution < 1.29 is 24.2 Å². The fourth-order valence-electron chi connectivity index (χ4n) is 4.81. The number of aromatic nitrogens is 2. The second kappa shape index (κ2) is 10.8. The summed E-state index contributed by atoms with van der Waals surface area (Å²) >= 11 is 2.62. The summed E-state index contributed by atoms with van der Waals surface area (Å²) in [6.45, 7) is 1.58. The average molecular weight is 584 g/mol. The van der Waals surface area contributed by atoms with Gasteiger partial charge in [-0.05, 0) is 52.6 Å². The Bertz CT molecular complexity index is 1850. The van der Waals surface area contributed by atoms with Gasteiger partial charge in [0.15, 0.2) is 4.34 Å². The molecule has 1 atom stereocenters. The maximum atomic E-state index is 14.3. The summed E-state index contributed by atoms with van der Waals surface area (Å²) < 4.78 is 14.9. The third kappa shape index (κ3) is 4.96. The van der Waals surface area contributed by atoms with Crippen LogP contribution in [0.4, 0.5) is 9.52 Å². The van der Waals surface area contributed by atoms with E-state index in [4.69, 9.17) is 0 Å². The lowest BCUT2D eigenvalue weighted by Crippen LogP contribution is -2.29. The Hall–Kier alpha value is -4.54. The van der Waals surface area contributed by atoms with Crippen molar-refractivity contribution in [1.82, 2.24) is 10.2 Å². The second-order valence-corrected chi connectivity index (χ2v) is 11.7. The third-order valence-electron chi connectivity index (χ3n) is 6.93. The van der Waals surface area contributed by atoms with Crippen LogP contribution >= 0.6 is 23.1 Å². The number of fused-ring (bicyclic) bond motifs is 1. The number of benzene rings is 4. The Balaban J connectivity index is 1.37. The van der Waals surface area contributed by atoms with Gasteiger partial charge in [-0.3, -0.25) is 14.5 Å². The van der Waals surface area contributed by atoms with Crippen molar-refractivity contribution in [1.29, 1.82) is 0 Å². The highest BCUT2D eigenvalue weighted by Crippen LogP contribution is 2.44. The highest BCUT2D eigenvalue weighted by Gasteiger charge is 2.48. The maximum absolute atomic E-state index is 14.3. The summed E-state index contributed by atoms with van der Waals surface area (Å²) in [4.78, 5) is 27.9. The molecule has 0 radical (unpaired) electrons. The number of aromatic hydroxyl groups is 1. The van der Waals surface area contributed by atoms with E-state index in [-0.39, 0.29) is 22.0 Å². The number of aryl methyl sites for hydroxylation is 1. The van der Waals surface area contributed by atoms with Gasteiger partial charge in [-0.15, -0.1) is 10.2 Å².